The molecule has 1 aromatic heterocycles. The van der Waals surface area contributed by atoms with E-state index in [1.54, 1.807) is 40.8 Å². The predicted octanol–water partition coefficient (Wildman–Crippen LogP) is 2.25. The summed E-state index contributed by atoms with van der Waals surface area (Å²) in [5.74, 6) is 0.555. The Hall–Kier alpha value is -3.07. The third-order valence-electron chi connectivity index (χ3n) is 4.77. The van der Waals surface area contributed by atoms with E-state index in [9.17, 15) is 9.59 Å². The van der Waals surface area contributed by atoms with Crippen LogP contribution < -0.4 is 10.3 Å². The largest absolute Gasteiger partial charge is 0.490 e. The van der Waals surface area contributed by atoms with E-state index in [2.05, 4.69) is 0 Å². The third kappa shape index (κ3) is 3.77. The summed E-state index contributed by atoms with van der Waals surface area (Å²) in [6.45, 7) is 3.08. The van der Waals surface area contributed by atoms with Gasteiger partial charge in [0.2, 0.25) is 0 Å². The smallest absolute Gasteiger partial charge is 0.254 e. The highest BCUT2D eigenvalue weighted by atomic mass is 16.5. The summed E-state index contributed by atoms with van der Waals surface area (Å²) >= 11 is 0. The molecule has 6 heteroatoms. The number of amides is 1. The maximum atomic E-state index is 12.5. The fourth-order valence-corrected chi connectivity index (χ4v) is 3.04. The highest BCUT2D eigenvalue weighted by molar-refractivity contribution is 5.94. The number of hydrogen-bond acceptors (Lipinski definition) is 4. The van der Waals surface area contributed by atoms with E-state index in [1.807, 2.05) is 19.1 Å². The van der Waals surface area contributed by atoms with Gasteiger partial charge in [-0.1, -0.05) is 0 Å². The summed E-state index contributed by atoms with van der Waals surface area (Å²) < 4.78 is 7.52. The molecule has 1 amide bonds. The van der Waals surface area contributed by atoms with Gasteiger partial charge in [-0.15, -0.1) is 0 Å². The number of pyridine rings is 1. The zero-order valence-corrected chi connectivity index (χ0v) is 14.9. The number of nitriles is 1. The Morgan fingerprint density at radius 1 is 1.19 bits per heavy atom. The van der Waals surface area contributed by atoms with Gasteiger partial charge in [0.15, 0.2) is 0 Å². The molecule has 2 aromatic rings. The summed E-state index contributed by atoms with van der Waals surface area (Å²) in [5.41, 5.74) is 1.89. The Labute approximate surface area is 152 Å². The third-order valence-corrected chi connectivity index (χ3v) is 4.77. The molecule has 0 N–H and O–H groups in total. The maximum absolute atomic E-state index is 12.5. The SMILES string of the molecule is Cc1cc(OC2CCN(C(=O)c3ccc(C#N)cc3)CC2)cc(=O)n1C. The van der Waals surface area contributed by atoms with Crippen LogP contribution in [0.2, 0.25) is 0 Å². The van der Waals surface area contributed by atoms with Crippen molar-refractivity contribution in [3.8, 4) is 11.8 Å². The molecule has 6 nitrogen and oxygen atoms in total. The second kappa shape index (κ2) is 7.44. The molecular weight excluding hydrogens is 330 g/mol. The number of carbonyl (C=O) groups excluding carboxylic acids is 1. The molecule has 1 fully saturated rings. The molecular formula is C20H21N3O3. The molecule has 0 radical (unpaired) electrons. The first-order chi connectivity index (χ1) is 12.5. The van der Waals surface area contributed by atoms with Crippen molar-refractivity contribution in [3.63, 3.8) is 0 Å². The molecule has 3 rings (SSSR count). The zero-order valence-electron chi connectivity index (χ0n) is 14.9. The molecule has 134 valence electrons. The van der Waals surface area contributed by atoms with Crippen LogP contribution in [0.1, 0.15) is 34.5 Å². The maximum Gasteiger partial charge on any atom is 0.254 e. The minimum absolute atomic E-state index is 0.00785. The number of aryl methyl sites for hydroxylation is 1. The zero-order chi connectivity index (χ0) is 18.7. The highest BCUT2D eigenvalue weighted by Gasteiger charge is 2.25. The van der Waals surface area contributed by atoms with Gasteiger partial charge in [0.1, 0.15) is 11.9 Å². The average Bonchev–Trinajstić information content (AvgIpc) is 2.66. The van der Waals surface area contributed by atoms with Crippen LogP contribution in [0.25, 0.3) is 0 Å². The molecule has 0 bridgehead atoms. The lowest BCUT2D eigenvalue weighted by Crippen LogP contribution is -2.41. The van der Waals surface area contributed by atoms with Crippen molar-refractivity contribution in [1.82, 2.24) is 9.47 Å². The van der Waals surface area contributed by atoms with Crippen LogP contribution >= 0.6 is 0 Å². The van der Waals surface area contributed by atoms with Crippen molar-refractivity contribution >= 4 is 5.91 Å². The Morgan fingerprint density at radius 3 is 2.42 bits per heavy atom. The molecule has 0 unspecified atom stereocenters. The van der Waals surface area contributed by atoms with Gasteiger partial charge in [-0.2, -0.15) is 5.26 Å². The van der Waals surface area contributed by atoms with E-state index in [4.69, 9.17) is 10.00 Å². The van der Waals surface area contributed by atoms with E-state index >= 15 is 0 Å². The standard InChI is InChI=1S/C20H21N3O3/c1-14-11-18(12-19(24)22(14)2)26-17-7-9-23(10-8-17)20(25)16-5-3-15(13-21)4-6-16/h3-6,11-12,17H,7-10H2,1-2H3. The normalized spacial score (nSPS) is 14.7. The fraction of sp³-hybridized carbons (Fsp3) is 0.350. The minimum atomic E-state index is -0.0894. The number of rotatable bonds is 3. The van der Waals surface area contributed by atoms with Gasteiger partial charge >= 0.3 is 0 Å². The average molecular weight is 351 g/mol. The summed E-state index contributed by atoms with van der Waals surface area (Å²) in [6.07, 6.45) is 1.43. The van der Waals surface area contributed by atoms with Gasteiger partial charge in [-0.05, 0) is 37.3 Å². The van der Waals surface area contributed by atoms with Crippen LogP contribution in [0.15, 0.2) is 41.2 Å². The summed E-state index contributed by atoms with van der Waals surface area (Å²) in [7, 11) is 1.73. The Bertz CT molecular complexity index is 901. The predicted molar refractivity (Wildman–Crippen MR) is 97.1 cm³/mol. The second-order valence-electron chi connectivity index (χ2n) is 6.53. The molecule has 26 heavy (non-hydrogen) atoms. The lowest BCUT2D eigenvalue weighted by Gasteiger charge is -2.32. The molecule has 1 aliphatic heterocycles. The molecule has 1 aromatic carbocycles. The summed E-state index contributed by atoms with van der Waals surface area (Å²) in [4.78, 5) is 26.2. The Balaban J connectivity index is 1.59. The molecule has 0 spiro atoms. The lowest BCUT2D eigenvalue weighted by molar-refractivity contribution is 0.0595. The van der Waals surface area contributed by atoms with Crippen LogP contribution in [0.5, 0.6) is 5.75 Å². The van der Waals surface area contributed by atoms with E-state index < -0.39 is 0 Å². The monoisotopic (exact) mass is 351 g/mol. The van der Waals surface area contributed by atoms with Crippen LogP contribution in [0.3, 0.4) is 0 Å². The van der Waals surface area contributed by atoms with Gasteiger partial charge in [-0.3, -0.25) is 9.59 Å². The highest BCUT2D eigenvalue weighted by Crippen LogP contribution is 2.20. The Kier molecular flexibility index (Phi) is 5.08. The fourth-order valence-electron chi connectivity index (χ4n) is 3.04. The molecule has 0 atom stereocenters. The van der Waals surface area contributed by atoms with Crippen molar-refractivity contribution in [2.75, 3.05) is 13.1 Å². The van der Waals surface area contributed by atoms with E-state index in [0.29, 0.717) is 30.0 Å². The van der Waals surface area contributed by atoms with Crippen LogP contribution in [-0.4, -0.2) is 34.6 Å². The van der Waals surface area contributed by atoms with Crippen LogP contribution in [0, 0.1) is 18.3 Å². The quantitative estimate of drug-likeness (QED) is 0.850. The topological polar surface area (TPSA) is 75.3 Å². The van der Waals surface area contributed by atoms with Crippen molar-refractivity contribution in [2.45, 2.75) is 25.9 Å². The number of nitrogens with zero attached hydrogens (tertiary/aromatic N) is 3. The van der Waals surface area contributed by atoms with E-state index in [0.717, 1.165) is 18.5 Å². The number of piperidine rings is 1. The molecule has 0 aliphatic carbocycles. The van der Waals surface area contributed by atoms with Crippen molar-refractivity contribution in [2.24, 2.45) is 7.05 Å². The first-order valence-corrected chi connectivity index (χ1v) is 8.61. The number of carbonyl (C=O) groups is 1. The number of hydrogen-bond donors (Lipinski definition) is 0. The van der Waals surface area contributed by atoms with Gasteiger partial charge in [0, 0.05) is 50.3 Å². The van der Waals surface area contributed by atoms with E-state index in [-0.39, 0.29) is 17.6 Å². The number of ether oxygens (including phenoxy) is 1. The van der Waals surface area contributed by atoms with Crippen molar-refractivity contribution in [3.05, 3.63) is 63.6 Å². The van der Waals surface area contributed by atoms with Crippen molar-refractivity contribution < 1.29 is 9.53 Å². The van der Waals surface area contributed by atoms with Gasteiger partial charge in [0.05, 0.1) is 11.6 Å². The molecule has 0 saturated carbocycles. The molecule has 2 heterocycles. The molecule has 1 saturated heterocycles. The van der Waals surface area contributed by atoms with Crippen LogP contribution in [0.4, 0.5) is 0 Å². The van der Waals surface area contributed by atoms with Gasteiger partial charge in [0.25, 0.3) is 11.5 Å². The first-order valence-electron chi connectivity index (χ1n) is 8.61. The Morgan fingerprint density at radius 2 is 1.85 bits per heavy atom. The van der Waals surface area contributed by atoms with Crippen molar-refractivity contribution in [1.29, 1.82) is 5.26 Å². The number of benzene rings is 1. The van der Waals surface area contributed by atoms with Gasteiger partial charge in [-0.25, -0.2) is 0 Å². The summed E-state index contributed by atoms with van der Waals surface area (Å²) in [5, 5.41) is 8.84. The van der Waals surface area contributed by atoms with Crippen LogP contribution in [-0.2, 0) is 7.05 Å². The lowest BCUT2D eigenvalue weighted by atomic mass is 10.1. The number of aromatic nitrogens is 1. The second-order valence-corrected chi connectivity index (χ2v) is 6.53. The summed E-state index contributed by atoms with van der Waals surface area (Å²) in [6, 6.07) is 12.1. The van der Waals surface area contributed by atoms with Gasteiger partial charge < -0.3 is 14.2 Å². The molecule has 1 aliphatic rings. The minimum Gasteiger partial charge on any atom is -0.490 e. The van der Waals surface area contributed by atoms with E-state index in [1.165, 1.54) is 6.07 Å². The first kappa shape index (κ1) is 17.7. The number of likely N-dealkylation sites (tertiary alicyclic amines) is 1.